The van der Waals surface area contributed by atoms with E-state index in [4.69, 9.17) is 8.83 Å². The van der Waals surface area contributed by atoms with Gasteiger partial charge in [0.25, 0.3) is 5.89 Å². The van der Waals surface area contributed by atoms with Crippen molar-refractivity contribution in [1.29, 1.82) is 5.26 Å². The van der Waals surface area contributed by atoms with Gasteiger partial charge in [-0.2, -0.15) is 10.2 Å². The number of rotatable bonds is 4. The second kappa shape index (κ2) is 7.80. The minimum atomic E-state index is -0.452. The number of aromatic nitrogens is 1. The standard InChI is InChI=1S/C21H19FN4O3/c1-13-4-5-15(22)16(11-13)24-19(27)14-6-8-26(9-7-14)21-17(12-23)25-20(29-21)18-3-2-10-28-18/h2-5,10-11,14H,6-9H2,1H3,(H,24,27). The lowest BCUT2D eigenvalue weighted by molar-refractivity contribution is -0.120. The van der Waals surface area contributed by atoms with Gasteiger partial charge in [0.15, 0.2) is 5.76 Å². The predicted octanol–water partition coefficient (Wildman–Crippen LogP) is 4.11. The number of hydrogen-bond acceptors (Lipinski definition) is 6. The van der Waals surface area contributed by atoms with E-state index in [9.17, 15) is 14.4 Å². The number of carbonyl (C=O) groups excluding carboxylic acids is 1. The molecule has 1 fully saturated rings. The van der Waals surface area contributed by atoms with Crippen molar-refractivity contribution in [1.82, 2.24) is 4.98 Å². The van der Waals surface area contributed by atoms with E-state index in [1.807, 2.05) is 17.9 Å². The van der Waals surface area contributed by atoms with E-state index in [0.29, 0.717) is 37.6 Å². The summed E-state index contributed by atoms with van der Waals surface area (Å²) in [5.41, 5.74) is 1.25. The van der Waals surface area contributed by atoms with Crippen molar-refractivity contribution in [3.63, 3.8) is 0 Å². The molecule has 0 unspecified atom stereocenters. The van der Waals surface area contributed by atoms with Crippen LogP contribution in [0, 0.1) is 30.0 Å². The second-order valence-electron chi connectivity index (χ2n) is 7.00. The number of nitriles is 1. The molecule has 0 bridgehead atoms. The van der Waals surface area contributed by atoms with Crippen LogP contribution in [0.4, 0.5) is 16.0 Å². The van der Waals surface area contributed by atoms with Crippen molar-refractivity contribution in [3.8, 4) is 17.7 Å². The smallest absolute Gasteiger partial charge is 0.266 e. The topological polar surface area (TPSA) is 95.3 Å². The number of amides is 1. The molecule has 1 amide bonds. The van der Waals surface area contributed by atoms with Crippen LogP contribution in [0.1, 0.15) is 24.1 Å². The fourth-order valence-electron chi connectivity index (χ4n) is 3.42. The number of halogens is 1. The lowest BCUT2D eigenvalue weighted by Crippen LogP contribution is -2.38. The van der Waals surface area contributed by atoms with Crippen molar-refractivity contribution in [2.75, 3.05) is 23.3 Å². The molecule has 1 aliphatic rings. The van der Waals surface area contributed by atoms with E-state index in [0.717, 1.165) is 5.56 Å². The molecule has 0 aliphatic carbocycles. The van der Waals surface area contributed by atoms with Crippen LogP contribution in [0.15, 0.2) is 45.4 Å². The summed E-state index contributed by atoms with van der Waals surface area (Å²) in [6, 6.07) is 10.1. The number of hydrogen-bond donors (Lipinski definition) is 1. The fraction of sp³-hybridized carbons (Fsp3) is 0.286. The maximum atomic E-state index is 13.9. The van der Waals surface area contributed by atoms with Crippen LogP contribution in [0.25, 0.3) is 11.7 Å². The van der Waals surface area contributed by atoms with Gasteiger partial charge in [-0.05, 0) is 49.6 Å². The van der Waals surface area contributed by atoms with Crippen LogP contribution in [0.5, 0.6) is 0 Å². The molecule has 3 heterocycles. The van der Waals surface area contributed by atoms with Crippen LogP contribution in [0.2, 0.25) is 0 Å². The van der Waals surface area contributed by atoms with Gasteiger partial charge in [-0.3, -0.25) is 4.79 Å². The van der Waals surface area contributed by atoms with Gasteiger partial charge in [0.1, 0.15) is 11.9 Å². The molecule has 3 aromatic rings. The summed E-state index contributed by atoms with van der Waals surface area (Å²) >= 11 is 0. The highest BCUT2D eigenvalue weighted by Crippen LogP contribution is 2.31. The summed E-state index contributed by atoms with van der Waals surface area (Å²) < 4.78 is 24.9. The minimum absolute atomic E-state index is 0.182. The van der Waals surface area contributed by atoms with Gasteiger partial charge in [0, 0.05) is 19.0 Å². The Hall–Kier alpha value is -3.60. The zero-order valence-corrected chi connectivity index (χ0v) is 15.8. The molecule has 1 aromatic carbocycles. The fourth-order valence-corrected chi connectivity index (χ4v) is 3.42. The number of aryl methyl sites for hydroxylation is 1. The van der Waals surface area contributed by atoms with Gasteiger partial charge in [-0.15, -0.1) is 0 Å². The van der Waals surface area contributed by atoms with Crippen LogP contribution in [0.3, 0.4) is 0 Å². The highest BCUT2D eigenvalue weighted by molar-refractivity contribution is 5.93. The first-order valence-electron chi connectivity index (χ1n) is 9.32. The number of anilines is 2. The van der Waals surface area contributed by atoms with Gasteiger partial charge in [-0.1, -0.05) is 6.07 Å². The quantitative estimate of drug-likeness (QED) is 0.716. The van der Waals surface area contributed by atoms with Crippen LogP contribution in [-0.4, -0.2) is 24.0 Å². The SMILES string of the molecule is Cc1ccc(F)c(NC(=O)C2CCN(c3oc(-c4ccco4)nc3C#N)CC2)c1. The normalized spacial score (nSPS) is 14.6. The Bertz CT molecular complexity index is 1060. The maximum absolute atomic E-state index is 13.9. The number of benzene rings is 1. The van der Waals surface area contributed by atoms with Gasteiger partial charge < -0.3 is 19.1 Å². The first-order chi connectivity index (χ1) is 14.0. The molecule has 7 nitrogen and oxygen atoms in total. The van der Waals surface area contributed by atoms with E-state index in [-0.39, 0.29) is 29.1 Å². The van der Waals surface area contributed by atoms with E-state index < -0.39 is 5.82 Å². The summed E-state index contributed by atoms with van der Waals surface area (Å²) in [6.07, 6.45) is 2.62. The summed E-state index contributed by atoms with van der Waals surface area (Å²) in [6.45, 7) is 2.89. The van der Waals surface area contributed by atoms with Crippen molar-refractivity contribution >= 4 is 17.5 Å². The molecule has 4 rings (SSSR count). The van der Waals surface area contributed by atoms with Crippen molar-refractivity contribution in [3.05, 3.63) is 53.7 Å². The summed E-state index contributed by atoms with van der Waals surface area (Å²) in [5.74, 6) is 0.167. The predicted molar refractivity (Wildman–Crippen MR) is 104 cm³/mol. The van der Waals surface area contributed by atoms with Crippen LogP contribution < -0.4 is 10.2 Å². The van der Waals surface area contributed by atoms with Crippen molar-refractivity contribution in [2.45, 2.75) is 19.8 Å². The Morgan fingerprint density at radius 3 is 2.83 bits per heavy atom. The van der Waals surface area contributed by atoms with Gasteiger partial charge in [0.2, 0.25) is 17.5 Å². The third kappa shape index (κ3) is 3.85. The highest BCUT2D eigenvalue weighted by Gasteiger charge is 2.29. The average molecular weight is 394 g/mol. The monoisotopic (exact) mass is 394 g/mol. The van der Waals surface area contributed by atoms with Gasteiger partial charge in [-0.25, -0.2) is 4.39 Å². The minimum Gasteiger partial charge on any atom is -0.459 e. The largest absolute Gasteiger partial charge is 0.459 e. The molecule has 0 radical (unpaired) electrons. The van der Waals surface area contributed by atoms with Gasteiger partial charge in [0.05, 0.1) is 12.0 Å². The molecular weight excluding hydrogens is 375 g/mol. The number of nitrogens with one attached hydrogen (secondary N) is 1. The molecule has 1 saturated heterocycles. The van der Waals surface area contributed by atoms with Crippen molar-refractivity contribution < 1.29 is 18.0 Å². The molecular formula is C21H19FN4O3. The Morgan fingerprint density at radius 2 is 2.14 bits per heavy atom. The van der Waals surface area contributed by atoms with E-state index in [1.165, 1.54) is 12.3 Å². The molecule has 1 N–H and O–H groups in total. The van der Waals surface area contributed by atoms with Crippen LogP contribution in [-0.2, 0) is 4.79 Å². The number of nitrogens with zero attached hydrogens (tertiary/aromatic N) is 3. The summed E-state index contributed by atoms with van der Waals surface area (Å²) in [4.78, 5) is 18.6. The number of furan rings is 1. The molecule has 148 valence electrons. The maximum Gasteiger partial charge on any atom is 0.266 e. The Kier molecular flexibility index (Phi) is 5.04. The molecule has 29 heavy (non-hydrogen) atoms. The Balaban J connectivity index is 1.42. The zero-order chi connectivity index (χ0) is 20.4. The van der Waals surface area contributed by atoms with E-state index >= 15 is 0 Å². The molecule has 1 aliphatic heterocycles. The Morgan fingerprint density at radius 1 is 1.34 bits per heavy atom. The number of piperidine rings is 1. The van der Waals surface area contributed by atoms with Crippen LogP contribution >= 0.6 is 0 Å². The summed E-state index contributed by atoms with van der Waals surface area (Å²) in [7, 11) is 0. The lowest BCUT2D eigenvalue weighted by atomic mass is 9.95. The van der Waals surface area contributed by atoms with Gasteiger partial charge >= 0.3 is 0 Å². The second-order valence-corrected chi connectivity index (χ2v) is 7.00. The average Bonchev–Trinajstić information content (AvgIpc) is 3.40. The first-order valence-corrected chi connectivity index (χ1v) is 9.32. The first kappa shape index (κ1) is 18.7. The molecule has 0 saturated carbocycles. The molecule has 8 heteroatoms. The lowest BCUT2D eigenvalue weighted by Gasteiger charge is -2.31. The number of carbonyl (C=O) groups is 1. The van der Waals surface area contributed by atoms with Crippen molar-refractivity contribution in [2.24, 2.45) is 5.92 Å². The summed E-state index contributed by atoms with van der Waals surface area (Å²) in [5, 5.41) is 12.1. The molecule has 0 atom stereocenters. The highest BCUT2D eigenvalue weighted by atomic mass is 19.1. The molecule has 0 spiro atoms. The van der Waals surface area contributed by atoms with E-state index in [2.05, 4.69) is 10.3 Å². The third-order valence-corrected chi connectivity index (χ3v) is 4.98. The molecule has 2 aromatic heterocycles. The Labute approximate surface area is 166 Å². The zero-order valence-electron chi connectivity index (χ0n) is 15.8. The number of oxazole rings is 1. The third-order valence-electron chi connectivity index (χ3n) is 4.98. The van der Waals surface area contributed by atoms with E-state index in [1.54, 1.807) is 24.3 Å².